The summed E-state index contributed by atoms with van der Waals surface area (Å²) in [6.45, 7) is 0. The van der Waals surface area contributed by atoms with Crippen molar-refractivity contribution in [1.82, 2.24) is 0 Å². The van der Waals surface area contributed by atoms with Crippen LogP contribution in [0.2, 0.25) is 0 Å². The van der Waals surface area contributed by atoms with Crippen molar-refractivity contribution in [2.24, 2.45) is 0 Å². The topological polar surface area (TPSA) is 64.2 Å². The van der Waals surface area contributed by atoms with E-state index in [0.29, 0.717) is 0 Å². The highest BCUT2D eigenvalue weighted by Gasteiger charge is 2.20. The molecule has 6 heteroatoms. The molecule has 0 aliphatic carbocycles. The average Bonchev–Trinajstić information content (AvgIpc) is 2.04. The van der Waals surface area contributed by atoms with Gasteiger partial charge in [0.1, 0.15) is 17.4 Å². The van der Waals surface area contributed by atoms with Gasteiger partial charge in [-0.15, -0.1) is 0 Å². The number of nitrogens with zero attached hydrogens (tertiary/aromatic N) is 1. The molecule has 0 saturated carbocycles. The van der Waals surface area contributed by atoms with E-state index in [1.54, 1.807) is 6.07 Å². The molecular formula is C7H4BBrFNO2. The fourth-order valence-electron chi connectivity index (χ4n) is 0.871. The van der Waals surface area contributed by atoms with E-state index in [4.69, 9.17) is 15.3 Å². The zero-order chi connectivity index (χ0) is 10.0. The predicted octanol–water partition coefficient (Wildman–Crippen LogP) is 0.140. The Hall–Kier alpha value is -0.895. The molecule has 13 heavy (non-hydrogen) atoms. The van der Waals surface area contributed by atoms with Crippen molar-refractivity contribution in [3.63, 3.8) is 0 Å². The van der Waals surface area contributed by atoms with Gasteiger partial charge in [0.2, 0.25) is 0 Å². The molecule has 3 nitrogen and oxygen atoms in total. The summed E-state index contributed by atoms with van der Waals surface area (Å²) in [6, 6.07) is 4.20. The van der Waals surface area contributed by atoms with Gasteiger partial charge in [-0.1, -0.05) is 6.07 Å². The first-order valence-electron chi connectivity index (χ1n) is 3.32. The molecule has 0 bridgehead atoms. The summed E-state index contributed by atoms with van der Waals surface area (Å²) in [5.74, 6) is -0.910. The van der Waals surface area contributed by atoms with Gasteiger partial charge in [0.15, 0.2) is 0 Å². The Balaban J connectivity index is 3.38. The molecule has 1 aromatic carbocycles. The lowest BCUT2D eigenvalue weighted by Crippen LogP contribution is -2.33. The number of rotatable bonds is 1. The van der Waals surface area contributed by atoms with Gasteiger partial charge < -0.3 is 10.0 Å². The largest absolute Gasteiger partial charge is 0.491 e. The van der Waals surface area contributed by atoms with Crippen LogP contribution in [0, 0.1) is 17.1 Å². The van der Waals surface area contributed by atoms with Crippen LogP contribution in [0.1, 0.15) is 5.56 Å². The molecule has 0 unspecified atom stereocenters. The number of benzene rings is 1. The van der Waals surface area contributed by atoms with Gasteiger partial charge in [-0.2, -0.15) is 5.26 Å². The summed E-state index contributed by atoms with van der Waals surface area (Å²) in [5, 5.41) is 25.9. The second kappa shape index (κ2) is 3.88. The predicted molar refractivity (Wildman–Crippen MR) is 48.6 cm³/mol. The van der Waals surface area contributed by atoms with Crippen LogP contribution in [0.4, 0.5) is 4.39 Å². The van der Waals surface area contributed by atoms with Crippen molar-refractivity contribution in [2.45, 2.75) is 0 Å². The van der Waals surface area contributed by atoms with E-state index in [1.807, 2.05) is 0 Å². The van der Waals surface area contributed by atoms with Crippen molar-refractivity contribution in [3.05, 3.63) is 28.0 Å². The lowest BCUT2D eigenvalue weighted by atomic mass is 9.79. The molecule has 0 fully saturated rings. The fourth-order valence-corrected chi connectivity index (χ4v) is 1.27. The van der Waals surface area contributed by atoms with Crippen molar-refractivity contribution in [3.8, 4) is 6.07 Å². The Morgan fingerprint density at radius 2 is 2.08 bits per heavy atom. The molecule has 0 radical (unpaired) electrons. The number of halogens is 2. The minimum atomic E-state index is -1.90. The molecule has 1 aromatic rings. The van der Waals surface area contributed by atoms with Gasteiger partial charge >= 0.3 is 7.12 Å². The van der Waals surface area contributed by atoms with Crippen LogP contribution in [0.15, 0.2) is 16.6 Å². The second-order valence-electron chi connectivity index (χ2n) is 2.31. The van der Waals surface area contributed by atoms with Crippen LogP contribution in [0.25, 0.3) is 0 Å². The average molecular weight is 244 g/mol. The van der Waals surface area contributed by atoms with Crippen LogP contribution in [0.5, 0.6) is 0 Å². The molecule has 0 aliphatic heterocycles. The minimum Gasteiger partial charge on any atom is -0.423 e. The minimum absolute atomic E-state index is 0.231. The Morgan fingerprint density at radius 3 is 2.54 bits per heavy atom. The number of hydrogen-bond acceptors (Lipinski definition) is 3. The van der Waals surface area contributed by atoms with Crippen LogP contribution in [0.3, 0.4) is 0 Å². The maximum absolute atomic E-state index is 13.2. The monoisotopic (exact) mass is 243 g/mol. The van der Waals surface area contributed by atoms with Crippen molar-refractivity contribution < 1.29 is 14.4 Å². The molecule has 0 amide bonds. The van der Waals surface area contributed by atoms with Crippen LogP contribution in [-0.4, -0.2) is 17.2 Å². The summed E-state index contributed by atoms with van der Waals surface area (Å²) in [6.07, 6.45) is 0. The zero-order valence-corrected chi connectivity index (χ0v) is 7.92. The van der Waals surface area contributed by atoms with Gasteiger partial charge in [-0.25, -0.2) is 4.39 Å². The van der Waals surface area contributed by atoms with E-state index in [1.165, 1.54) is 12.1 Å². The van der Waals surface area contributed by atoms with Gasteiger partial charge in [0, 0.05) is 9.94 Å². The highest BCUT2D eigenvalue weighted by molar-refractivity contribution is 9.10. The first-order valence-corrected chi connectivity index (χ1v) is 4.11. The Bertz CT molecular complexity index is 377. The van der Waals surface area contributed by atoms with E-state index >= 15 is 0 Å². The molecule has 0 heterocycles. The molecule has 0 saturated heterocycles. The SMILES string of the molecule is N#Cc1c(Br)ccc(B(O)O)c1F. The van der Waals surface area contributed by atoms with Gasteiger partial charge in [-0.3, -0.25) is 0 Å². The first-order chi connectivity index (χ1) is 6.07. The van der Waals surface area contributed by atoms with Gasteiger partial charge in [0.25, 0.3) is 0 Å². The fraction of sp³-hybridized carbons (Fsp3) is 0. The molecule has 2 N–H and O–H groups in total. The highest BCUT2D eigenvalue weighted by Crippen LogP contribution is 2.17. The quantitative estimate of drug-likeness (QED) is 0.690. The lowest BCUT2D eigenvalue weighted by molar-refractivity contribution is 0.423. The van der Waals surface area contributed by atoms with Crippen LogP contribution in [-0.2, 0) is 0 Å². The molecule has 0 spiro atoms. The normalized spacial score (nSPS) is 9.46. The van der Waals surface area contributed by atoms with Crippen LogP contribution >= 0.6 is 15.9 Å². The molecule has 0 aliphatic rings. The number of hydrogen-bond donors (Lipinski definition) is 2. The number of nitriles is 1. The van der Waals surface area contributed by atoms with E-state index < -0.39 is 12.9 Å². The van der Waals surface area contributed by atoms with Gasteiger partial charge in [-0.05, 0) is 22.0 Å². The maximum Gasteiger partial charge on any atom is 0.491 e. The van der Waals surface area contributed by atoms with Crippen molar-refractivity contribution in [2.75, 3.05) is 0 Å². The summed E-state index contributed by atoms with van der Waals surface area (Å²) in [5.41, 5.74) is -0.537. The zero-order valence-electron chi connectivity index (χ0n) is 6.33. The lowest BCUT2D eigenvalue weighted by Gasteiger charge is -2.03. The van der Waals surface area contributed by atoms with Crippen molar-refractivity contribution in [1.29, 1.82) is 5.26 Å². The maximum atomic E-state index is 13.2. The third-order valence-electron chi connectivity index (χ3n) is 1.51. The molecular weight excluding hydrogens is 240 g/mol. The molecule has 0 aromatic heterocycles. The van der Waals surface area contributed by atoms with Crippen molar-refractivity contribution >= 4 is 28.5 Å². The van der Waals surface area contributed by atoms with E-state index in [9.17, 15) is 4.39 Å². The third kappa shape index (κ3) is 1.88. The summed E-state index contributed by atoms with van der Waals surface area (Å²) in [7, 11) is -1.90. The van der Waals surface area contributed by atoms with E-state index in [2.05, 4.69) is 15.9 Å². The third-order valence-corrected chi connectivity index (χ3v) is 2.17. The molecule has 1 rings (SSSR count). The molecule has 0 atom stereocenters. The Labute approximate surface area is 82.7 Å². The Kier molecular flexibility index (Phi) is 3.04. The first kappa shape index (κ1) is 10.2. The van der Waals surface area contributed by atoms with E-state index in [-0.39, 0.29) is 15.5 Å². The van der Waals surface area contributed by atoms with E-state index in [0.717, 1.165) is 0 Å². The summed E-state index contributed by atoms with van der Waals surface area (Å²) in [4.78, 5) is 0. The standard InChI is InChI=1S/C7H4BBrFNO2/c9-6-2-1-5(8(12)13)7(10)4(6)3-11/h1-2,12-13H. The molecule has 66 valence electrons. The second-order valence-corrected chi connectivity index (χ2v) is 3.17. The van der Waals surface area contributed by atoms with Gasteiger partial charge in [0.05, 0.1) is 0 Å². The smallest absolute Gasteiger partial charge is 0.423 e. The Morgan fingerprint density at radius 1 is 1.46 bits per heavy atom. The van der Waals surface area contributed by atoms with Crippen LogP contribution < -0.4 is 5.46 Å². The summed E-state index contributed by atoms with van der Waals surface area (Å²) >= 11 is 2.96. The summed E-state index contributed by atoms with van der Waals surface area (Å²) < 4.78 is 13.5. The highest BCUT2D eigenvalue weighted by atomic mass is 79.9.